The third-order valence-electron chi connectivity index (χ3n) is 13.7. The summed E-state index contributed by atoms with van der Waals surface area (Å²) in [5.41, 5.74) is 8.63. The number of benzene rings is 7. The molecule has 4 bridgehead atoms. The number of nitrogens with zero attached hydrogens (tertiary/aromatic N) is 3. The zero-order valence-corrected chi connectivity index (χ0v) is 32.9. The Balaban J connectivity index is 1.11. The molecule has 2 aromatic heterocycles. The monoisotopic (exact) mass is 761 g/mol. The summed E-state index contributed by atoms with van der Waals surface area (Å²) in [4.78, 5) is 16.1. The molecule has 0 radical (unpaired) electrons. The second-order valence-corrected chi connectivity index (χ2v) is 17.4. The van der Waals surface area contributed by atoms with Gasteiger partial charge in [0.1, 0.15) is 11.2 Å². The molecule has 2 heterocycles. The number of fused-ring (bicyclic) bond motifs is 7. The van der Waals surface area contributed by atoms with Gasteiger partial charge in [0.2, 0.25) is 0 Å². The van der Waals surface area contributed by atoms with E-state index in [1.54, 1.807) is 0 Å². The lowest BCUT2D eigenvalue weighted by molar-refractivity contribution is -0.00518. The van der Waals surface area contributed by atoms with E-state index in [9.17, 15) is 0 Å². The Morgan fingerprint density at radius 2 is 0.881 bits per heavy atom. The van der Waals surface area contributed by atoms with Crippen LogP contribution < -0.4 is 0 Å². The van der Waals surface area contributed by atoms with Gasteiger partial charge in [-0.3, -0.25) is 0 Å². The average Bonchev–Trinajstić information content (AvgIpc) is 3.34. The Labute approximate surface area is 344 Å². The van der Waals surface area contributed by atoms with Gasteiger partial charge in [-0.1, -0.05) is 152 Å². The molecule has 4 aliphatic rings. The highest BCUT2D eigenvalue weighted by Crippen LogP contribution is 2.60. The second kappa shape index (κ2) is 13.7. The van der Waals surface area contributed by atoms with E-state index in [-0.39, 0.29) is 0 Å². The van der Waals surface area contributed by atoms with Crippen LogP contribution in [0.3, 0.4) is 0 Å². The highest BCUT2D eigenvalue weighted by molar-refractivity contribution is 6.22. The van der Waals surface area contributed by atoms with Crippen molar-refractivity contribution in [2.45, 2.75) is 43.9 Å². The van der Waals surface area contributed by atoms with E-state index in [0.717, 1.165) is 89.1 Å². The highest BCUT2D eigenvalue weighted by Gasteiger charge is 2.51. The SMILES string of the molecule is c1ccc(-c2cccc(-c3nc(-c4ccc(C56CC7CC(CC(C7)C5)C6)cc4)nc(-c4cccc5c6ccccc6oc6ccccc6c6ccccc6c45)n3)c2)cc1. The van der Waals surface area contributed by atoms with Gasteiger partial charge in [-0.15, -0.1) is 0 Å². The molecule has 0 amide bonds. The largest absolute Gasteiger partial charge is 0.456 e. The van der Waals surface area contributed by atoms with Crippen molar-refractivity contribution >= 4 is 43.5 Å². The van der Waals surface area contributed by atoms with Crippen molar-refractivity contribution in [2.24, 2.45) is 17.8 Å². The Morgan fingerprint density at radius 1 is 0.390 bits per heavy atom. The Hall–Kier alpha value is -6.65. The fourth-order valence-corrected chi connectivity index (χ4v) is 11.5. The van der Waals surface area contributed by atoms with Gasteiger partial charge in [0.15, 0.2) is 17.5 Å². The lowest BCUT2D eigenvalue weighted by Gasteiger charge is -2.57. The van der Waals surface area contributed by atoms with Crippen molar-refractivity contribution in [3.63, 3.8) is 0 Å². The summed E-state index contributed by atoms with van der Waals surface area (Å²) in [6, 6.07) is 60.2. The van der Waals surface area contributed by atoms with Gasteiger partial charge < -0.3 is 4.42 Å². The molecule has 0 atom stereocenters. The van der Waals surface area contributed by atoms with E-state index in [1.807, 2.05) is 12.1 Å². The van der Waals surface area contributed by atoms with Crippen LogP contribution in [0.5, 0.6) is 0 Å². The van der Waals surface area contributed by atoms with Crippen molar-refractivity contribution in [1.82, 2.24) is 15.0 Å². The summed E-state index contributed by atoms with van der Waals surface area (Å²) in [6.07, 6.45) is 8.36. The summed E-state index contributed by atoms with van der Waals surface area (Å²) < 4.78 is 6.77. The summed E-state index contributed by atoms with van der Waals surface area (Å²) in [5.74, 6) is 4.65. The van der Waals surface area contributed by atoms with Gasteiger partial charge >= 0.3 is 0 Å². The van der Waals surface area contributed by atoms with Crippen LogP contribution in [0.4, 0.5) is 0 Å². The molecule has 4 saturated carbocycles. The number of hydrogen-bond acceptors (Lipinski definition) is 4. The fraction of sp³-hybridized carbons (Fsp3) is 0.182. The van der Waals surface area contributed by atoms with Crippen LogP contribution in [0.25, 0.3) is 88.8 Å². The van der Waals surface area contributed by atoms with Crippen LogP contribution in [0.1, 0.15) is 44.1 Å². The van der Waals surface area contributed by atoms with Crippen LogP contribution in [-0.2, 0) is 5.41 Å². The molecule has 4 nitrogen and oxygen atoms in total. The predicted octanol–water partition coefficient (Wildman–Crippen LogP) is 14.3. The van der Waals surface area contributed by atoms with E-state index in [4.69, 9.17) is 19.4 Å². The molecule has 4 heteroatoms. The van der Waals surface area contributed by atoms with Gasteiger partial charge in [-0.05, 0) is 113 Å². The van der Waals surface area contributed by atoms with Gasteiger partial charge in [-0.25, -0.2) is 15.0 Å². The molecule has 0 N–H and O–H groups in total. The second-order valence-electron chi connectivity index (χ2n) is 17.4. The molecule has 0 aliphatic heterocycles. The molecule has 59 heavy (non-hydrogen) atoms. The Bertz CT molecular complexity index is 3110. The van der Waals surface area contributed by atoms with Crippen LogP contribution in [-0.4, -0.2) is 15.0 Å². The van der Waals surface area contributed by atoms with Crippen LogP contribution in [0, 0.1) is 17.8 Å². The summed E-state index contributed by atoms with van der Waals surface area (Å²) in [5, 5.41) is 6.37. The van der Waals surface area contributed by atoms with Crippen molar-refractivity contribution in [3.8, 4) is 45.3 Å². The van der Waals surface area contributed by atoms with Crippen molar-refractivity contribution < 1.29 is 4.42 Å². The minimum absolute atomic E-state index is 0.325. The average molecular weight is 762 g/mol. The number of para-hydroxylation sites is 2. The molecule has 4 aliphatic carbocycles. The maximum atomic E-state index is 6.77. The van der Waals surface area contributed by atoms with Crippen molar-refractivity contribution in [1.29, 1.82) is 0 Å². The van der Waals surface area contributed by atoms with E-state index in [2.05, 4.69) is 158 Å². The van der Waals surface area contributed by atoms with E-state index < -0.39 is 0 Å². The lowest BCUT2D eigenvalue weighted by Crippen LogP contribution is -2.48. The maximum absolute atomic E-state index is 6.77. The normalized spacial score (nSPS) is 20.7. The molecule has 9 aromatic rings. The minimum Gasteiger partial charge on any atom is -0.456 e. The number of hydrogen-bond donors (Lipinski definition) is 0. The number of rotatable bonds is 5. The van der Waals surface area contributed by atoms with Gasteiger partial charge in [-0.2, -0.15) is 0 Å². The maximum Gasteiger partial charge on any atom is 0.164 e. The summed E-state index contributed by atoms with van der Waals surface area (Å²) in [6.45, 7) is 0. The Morgan fingerprint density at radius 3 is 1.58 bits per heavy atom. The first-order chi connectivity index (χ1) is 29.1. The van der Waals surface area contributed by atoms with E-state index >= 15 is 0 Å². The molecule has 0 spiro atoms. The van der Waals surface area contributed by atoms with Gasteiger partial charge in [0, 0.05) is 32.8 Å². The first-order valence-electron chi connectivity index (χ1n) is 21.3. The summed E-state index contributed by atoms with van der Waals surface area (Å²) in [7, 11) is 0. The van der Waals surface area contributed by atoms with E-state index in [0.29, 0.717) is 22.9 Å². The standard InChI is InChI=1S/C55H43N3O/c1-2-12-38(13-3-1)40-14-10-15-41(31-40)53-56-52(39-24-26-42(27-25-39)55-32-35-28-36(33-55)30-37(29-35)34-55)57-54(58-53)48-21-11-20-47-45-18-7-9-23-50(45)59-49-22-8-6-17-44(49)43-16-4-5-19-46(43)51(47)48/h1-27,31,35-37H,28-30,32-34H2. The van der Waals surface area contributed by atoms with Crippen LogP contribution >= 0.6 is 0 Å². The van der Waals surface area contributed by atoms with Crippen LogP contribution in [0.15, 0.2) is 174 Å². The first kappa shape index (κ1) is 34.4. The molecule has 284 valence electrons. The summed E-state index contributed by atoms with van der Waals surface area (Å²) >= 11 is 0. The zero-order chi connectivity index (χ0) is 38.9. The fourth-order valence-electron chi connectivity index (χ4n) is 11.5. The molecule has 7 aromatic carbocycles. The molecule has 0 saturated heterocycles. The lowest BCUT2D eigenvalue weighted by atomic mass is 9.48. The molecule has 13 rings (SSSR count). The predicted molar refractivity (Wildman–Crippen MR) is 241 cm³/mol. The smallest absolute Gasteiger partial charge is 0.164 e. The topological polar surface area (TPSA) is 51.8 Å². The minimum atomic E-state index is 0.325. The third kappa shape index (κ3) is 5.92. The molecular weight excluding hydrogens is 719 g/mol. The quantitative estimate of drug-likeness (QED) is 0.175. The van der Waals surface area contributed by atoms with Gasteiger partial charge in [0.05, 0.1) is 0 Å². The highest BCUT2D eigenvalue weighted by atomic mass is 16.3. The van der Waals surface area contributed by atoms with Gasteiger partial charge in [0.25, 0.3) is 0 Å². The molecular formula is C55H43N3O. The molecule has 0 unspecified atom stereocenters. The zero-order valence-electron chi connectivity index (χ0n) is 32.9. The number of aromatic nitrogens is 3. The van der Waals surface area contributed by atoms with Crippen LogP contribution in [0.2, 0.25) is 0 Å². The Kier molecular flexibility index (Phi) is 8.01. The first-order valence-corrected chi connectivity index (χ1v) is 21.3. The van der Waals surface area contributed by atoms with Crippen molar-refractivity contribution in [3.05, 3.63) is 175 Å². The van der Waals surface area contributed by atoms with Crippen molar-refractivity contribution in [2.75, 3.05) is 0 Å². The van der Waals surface area contributed by atoms with E-state index in [1.165, 1.54) is 44.1 Å². The third-order valence-corrected chi connectivity index (χ3v) is 13.7. The molecule has 4 fully saturated rings.